The highest BCUT2D eigenvalue weighted by molar-refractivity contribution is 7.14. The van der Waals surface area contributed by atoms with Crippen LogP contribution in [0.25, 0.3) is 0 Å². The summed E-state index contributed by atoms with van der Waals surface area (Å²) in [5.41, 5.74) is 0.363. The smallest absolute Gasteiger partial charge is 0.271 e. The second kappa shape index (κ2) is 9.12. The Morgan fingerprint density at radius 3 is 2.60 bits per heavy atom. The minimum absolute atomic E-state index is 0. The molecule has 1 fully saturated rings. The molecule has 20 heavy (non-hydrogen) atoms. The summed E-state index contributed by atoms with van der Waals surface area (Å²) in [6, 6.07) is 0.213. The molecule has 1 aromatic rings. The number of piperidine rings is 1. The zero-order valence-electron chi connectivity index (χ0n) is 11.0. The van der Waals surface area contributed by atoms with Crippen molar-refractivity contribution < 1.29 is 9.59 Å². The van der Waals surface area contributed by atoms with E-state index in [4.69, 9.17) is 0 Å². The number of aromatic nitrogens is 1. The molecule has 2 rings (SSSR count). The Morgan fingerprint density at radius 1 is 1.35 bits per heavy atom. The largest absolute Gasteiger partial charge is 0.348 e. The van der Waals surface area contributed by atoms with Crippen LogP contribution in [0.5, 0.6) is 0 Å². The number of hydrogen-bond acceptors (Lipinski definition) is 5. The molecule has 3 N–H and O–H groups in total. The molecule has 6 nitrogen and oxygen atoms in total. The van der Waals surface area contributed by atoms with E-state index in [-0.39, 0.29) is 42.7 Å². The van der Waals surface area contributed by atoms with E-state index in [1.54, 1.807) is 5.38 Å². The molecule has 0 aromatic carbocycles. The molecule has 0 atom stereocenters. The van der Waals surface area contributed by atoms with Crippen LogP contribution < -0.4 is 16.0 Å². The number of nitrogens with one attached hydrogen (secondary N) is 3. The van der Waals surface area contributed by atoms with E-state index in [1.165, 1.54) is 18.3 Å². The van der Waals surface area contributed by atoms with Crippen LogP contribution in [-0.4, -0.2) is 35.9 Å². The Kier molecular flexibility index (Phi) is 8.71. The third-order valence-corrected chi connectivity index (χ3v) is 3.45. The molecule has 2 amide bonds. The van der Waals surface area contributed by atoms with E-state index in [1.807, 2.05) is 0 Å². The van der Waals surface area contributed by atoms with Gasteiger partial charge in [-0.2, -0.15) is 0 Å². The summed E-state index contributed by atoms with van der Waals surface area (Å²) in [7, 11) is 0. The van der Waals surface area contributed by atoms with Crippen molar-refractivity contribution >= 4 is 53.1 Å². The van der Waals surface area contributed by atoms with Crippen LogP contribution in [0, 0.1) is 0 Å². The van der Waals surface area contributed by atoms with Crippen LogP contribution in [0.1, 0.15) is 30.3 Å². The van der Waals surface area contributed by atoms with Crippen molar-refractivity contribution in [3.05, 3.63) is 11.1 Å². The number of halogens is 2. The molecule has 0 saturated carbocycles. The van der Waals surface area contributed by atoms with Crippen LogP contribution in [0.3, 0.4) is 0 Å². The zero-order chi connectivity index (χ0) is 13.0. The number of hydrogen-bond donors (Lipinski definition) is 3. The zero-order valence-corrected chi connectivity index (χ0v) is 13.4. The van der Waals surface area contributed by atoms with Gasteiger partial charge in [0.1, 0.15) is 5.69 Å². The predicted molar refractivity (Wildman–Crippen MR) is 84.3 cm³/mol. The van der Waals surface area contributed by atoms with Crippen molar-refractivity contribution in [2.24, 2.45) is 0 Å². The fourth-order valence-electron chi connectivity index (χ4n) is 1.81. The lowest BCUT2D eigenvalue weighted by atomic mass is 10.1. The first-order valence-electron chi connectivity index (χ1n) is 5.90. The molecule has 0 unspecified atom stereocenters. The molecule has 0 radical (unpaired) electrons. The predicted octanol–water partition coefficient (Wildman–Crippen LogP) is 1.43. The average molecular weight is 341 g/mol. The molecule has 1 aliphatic rings. The molecular formula is C11H18Cl2N4O2S. The Hall–Kier alpha value is -0.890. The number of carbonyl (C=O) groups excluding carboxylic acids is 2. The Labute approximate surface area is 133 Å². The first-order valence-corrected chi connectivity index (χ1v) is 6.78. The van der Waals surface area contributed by atoms with Gasteiger partial charge >= 0.3 is 0 Å². The maximum absolute atomic E-state index is 11.9. The van der Waals surface area contributed by atoms with Crippen molar-refractivity contribution in [3.8, 4) is 0 Å². The third kappa shape index (κ3) is 5.62. The van der Waals surface area contributed by atoms with Gasteiger partial charge in [0.15, 0.2) is 5.13 Å². The van der Waals surface area contributed by atoms with Crippen molar-refractivity contribution in [1.82, 2.24) is 15.6 Å². The van der Waals surface area contributed by atoms with Crippen molar-refractivity contribution in [1.29, 1.82) is 0 Å². The van der Waals surface area contributed by atoms with Crippen LogP contribution in [0.4, 0.5) is 5.13 Å². The van der Waals surface area contributed by atoms with Gasteiger partial charge in [0.25, 0.3) is 5.91 Å². The molecule has 1 aromatic heterocycles. The van der Waals surface area contributed by atoms with E-state index in [0.29, 0.717) is 10.8 Å². The first kappa shape index (κ1) is 19.1. The maximum atomic E-state index is 11.9. The molecule has 1 saturated heterocycles. The van der Waals surface area contributed by atoms with E-state index < -0.39 is 0 Å². The standard InChI is InChI=1S/C11H16N4O2S.2ClH/c1-7(16)13-11-15-9(6-18-11)10(17)14-8-2-4-12-5-3-8;;/h6,8,12H,2-5H2,1H3,(H,14,17)(H,13,15,16);2*1H. The second-order valence-electron chi connectivity index (χ2n) is 4.22. The Balaban J connectivity index is 0.00000180. The topological polar surface area (TPSA) is 83.1 Å². The number of carbonyl (C=O) groups is 2. The molecule has 0 aliphatic carbocycles. The average Bonchev–Trinajstić information content (AvgIpc) is 2.78. The lowest BCUT2D eigenvalue weighted by Crippen LogP contribution is -2.42. The van der Waals surface area contributed by atoms with Gasteiger partial charge in [0, 0.05) is 18.3 Å². The maximum Gasteiger partial charge on any atom is 0.271 e. The lowest BCUT2D eigenvalue weighted by molar-refractivity contribution is -0.114. The summed E-state index contributed by atoms with van der Waals surface area (Å²) in [4.78, 5) is 26.8. The quantitative estimate of drug-likeness (QED) is 0.777. The van der Waals surface area contributed by atoms with Crippen LogP contribution in [-0.2, 0) is 4.79 Å². The summed E-state index contributed by atoms with van der Waals surface area (Å²) < 4.78 is 0. The molecule has 1 aliphatic heterocycles. The van der Waals surface area contributed by atoms with E-state index >= 15 is 0 Å². The highest BCUT2D eigenvalue weighted by Crippen LogP contribution is 2.15. The molecule has 0 spiro atoms. The summed E-state index contributed by atoms with van der Waals surface area (Å²) in [6.07, 6.45) is 1.88. The molecule has 0 bridgehead atoms. The number of anilines is 1. The Bertz CT molecular complexity index is 449. The minimum Gasteiger partial charge on any atom is -0.348 e. The Morgan fingerprint density at radius 2 is 2.00 bits per heavy atom. The monoisotopic (exact) mass is 340 g/mol. The number of amides is 2. The fraction of sp³-hybridized carbons (Fsp3) is 0.545. The highest BCUT2D eigenvalue weighted by Gasteiger charge is 2.18. The van der Waals surface area contributed by atoms with Gasteiger partial charge in [-0.05, 0) is 25.9 Å². The van der Waals surface area contributed by atoms with Crippen LogP contribution in [0.15, 0.2) is 5.38 Å². The van der Waals surface area contributed by atoms with Crippen LogP contribution >= 0.6 is 36.2 Å². The van der Waals surface area contributed by atoms with Gasteiger partial charge in [0.2, 0.25) is 5.91 Å². The summed E-state index contributed by atoms with van der Waals surface area (Å²) in [5.74, 6) is -0.357. The summed E-state index contributed by atoms with van der Waals surface area (Å²) in [6.45, 7) is 3.27. The number of rotatable bonds is 3. The normalized spacial score (nSPS) is 14.7. The molecule has 9 heteroatoms. The molecular weight excluding hydrogens is 323 g/mol. The van der Waals surface area contributed by atoms with Gasteiger partial charge < -0.3 is 16.0 Å². The molecule has 114 valence electrons. The molecule has 2 heterocycles. The van der Waals surface area contributed by atoms with Crippen molar-refractivity contribution in [2.75, 3.05) is 18.4 Å². The summed E-state index contributed by atoms with van der Waals surface area (Å²) in [5, 5.41) is 10.9. The van der Waals surface area contributed by atoms with Crippen molar-refractivity contribution in [3.63, 3.8) is 0 Å². The third-order valence-electron chi connectivity index (χ3n) is 2.69. The summed E-state index contributed by atoms with van der Waals surface area (Å²) >= 11 is 1.25. The van der Waals surface area contributed by atoms with Gasteiger partial charge in [-0.25, -0.2) is 4.98 Å². The first-order chi connectivity index (χ1) is 8.65. The van der Waals surface area contributed by atoms with Gasteiger partial charge in [-0.15, -0.1) is 36.2 Å². The SMILES string of the molecule is CC(=O)Nc1nc(C(=O)NC2CCNCC2)cs1.Cl.Cl. The van der Waals surface area contributed by atoms with Gasteiger partial charge in [-0.1, -0.05) is 0 Å². The van der Waals surface area contributed by atoms with Gasteiger partial charge in [-0.3, -0.25) is 9.59 Å². The van der Waals surface area contributed by atoms with E-state index in [9.17, 15) is 9.59 Å². The van der Waals surface area contributed by atoms with E-state index in [0.717, 1.165) is 25.9 Å². The lowest BCUT2D eigenvalue weighted by Gasteiger charge is -2.23. The van der Waals surface area contributed by atoms with Crippen LogP contribution in [0.2, 0.25) is 0 Å². The number of nitrogens with zero attached hydrogens (tertiary/aromatic N) is 1. The van der Waals surface area contributed by atoms with Crippen molar-refractivity contribution in [2.45, 2.75) is 25.8 Å². The second-order valence-corrected chi connectivity index (χ2v) is 5.07. The van der Waals surface area contributed by atoms with E-state index in [2.05, 4.69) is 20.9 Å². The van der Waals surface area contributed by atoms with Gasteiger partial charge in [0.05, 0.1) is 0 Å². The fourth-order valence-corrected chi connectivity index (χ4v) is 2.55. The minimum atomic E-state index is -0.185. The number of thiazole rings is 1. The highest BCUT2D eigenvalue weighted by atomic mass is 35.5.